The van der Waals surface area contributed by atoms with Crippen LogP contribution in [0.3, 0.4) is 0 Å². The molecular formula is C10H14O. The number of rotatable bonds is 0. The van der Waals surface area contributed by atoms with Gasteiger partial charge in [-0.05, 0) is 36.7 Å². The van der Waals surface area contributed by atoms with Crippen LogP contribution in [0.4, 0.5) is 0 Å². The first-order chi connectivity index (χ1) is 5.29. The third kappa shape index (κ3) is 1.03. The van der Waals surface area contributed by atoms with Gasteiger partial charge in [-0.25, -0.2) is 0 Å². The molecular weight excluding hydrogens is 136 g/mol. The van der Waals surface area contributed by atoms with Crippen molar-refractivity contribution in [1.82, 2.24) is 0 Å². The summed E-state index contributed by atoms with van der Waals surface area (Å²) < 4.78 is 0. The zero-order chi connectivity index (χ0) is 7.84. The summed E-state index contributed by atoms with van der Waals surface area (Å²) in [7, 11) is 0. The summed E-state index contributed by atoms with van der Waals surface area (Å²) in [6.07, 6.45) is 6.49. The van der Waals surface area contributed by atoms with E-state index in [1.54, 1.807) is 0 Å². The largest absolute Gasteiger partial charge is 0.295 e. The lowest BCUT2D eigenvalue weighted by Crippen LogP contribution is -2.15. The van der Waals surface area contributed by atoms with E-state index in [1.165, 1.54) is 6.42 Å². The second-order valence-electron chi connectivity index (χ2n) is 3.78. The molecule has 0 N–H and O–H groups in total. The minimum Gasteiger partial charge on any atom is -0.295 e. The van der Waals surface area contributed by atoms with Crippen LogP contribution in [0.15, 0.2) is 11.6 Å². The lowest BCUT2D eigenvalue weighted by atomic mass is 9.81. The molecule has 0 saturated heterocycles. The minimum absolute atomic E-state index is 0.418. The second-order valence-corrected chi connectivity index (χ2v) is 3.78. The maximum atomic E-state index is 11.3. The Hall–Kier alpha value is -0.590. The molecule has 0 aliphatic heterocycles. The molecule has 0 amide bonds. The van der Waals surface area contributed by atoms with Crippen molar-refractivity contribution in [3.05, 3.63) is 11.6 Å². The van der Waals surface area contributed by atoms with E-state index >= 15 is 0 Å². The van der Waals surface area contributed by atoms with Gasteiger partial charge in [0.25, 0.3) is 0 Å². The molecule has 60 valence electrons. The van der Waals surface area contributed by atoms with Crippen LogP contribution < -0.4 is 0 Å². The van der Waals surface area contributed by atoms with Crippen LogP contribution in [0.25, 0.3) is 0 Å². The SMILES string of the molecule is C[C@H]1CCC=C2C(=O)CC[C@@H]21. The zero-order valence-corrected chi connectivity index (χ0v) is 6.97. The van der Waals surface area contributed by atoms with Crippen LogP contribution >= 0.6 is 0 Å². The number of hydrogen-bond donors (Lipinski definition) is 0. The van der Waals surface area contributed by atoms with Crippen LogP contribution in [0, 0.1) is 11.8 Å². The van der Waals surface area contributed by atoms with E-state index in [0.29, 0.717) is 11.7 Å². The summed E-state index contributed by atoms with van der Waals surface area (Å²) in [4.78, 5) is 11.3. The third-order valence-corrected chi connectivity index (χ3v) is 3.08. The van der Waals surface area contributed by atoms with Gasteiger partial charge in [-0.2, -0.15) is 0 Å². The predicted molar refractivity (Wildman–Crippen MR) is 44.2 cm³/mol. The van der Waals surface area contributed by atoms with Crippen LogP contribution in [0.2, 0.25) is 0 Å². The quantitative estimate of drug-likeness (QED) is 0.518. The molecule has 0 aromatic heterocycles. The van der Waals surface area contributed by atoms with E-state index in [9.17, 15) is 4.79 Å². The zero-order valence-electron chi connectivity index (χ0n) is 6.97. The molecule has 2 atom stereocenters. The molecule has 0 bridgehead atoms. The molecule has 1 saturated carbocycles. The Kier molecular flexibility index (Phi) is 1.59. The highest BCUT2D eigenvalue weighted by atomic mass is 16.1. The topological polar surface area (TPSA) is 17.1 Å². The predicted octanol–water partition coefficient (Wildman–Crippen LogP) is 2.32. The number of hydrogen-bond acceptors (Lipinski definition) is 1. The number of carbonyl (C=O) groups is 1. The molecule has 2 aliphatic carbocycles. The van der Waals surface area contributed by atoms with Gasteiger partial charge in [0, 0.05) is 6.42 Å². The Morgan fingerprint density at radius 1 is 1.45 bits per heavy atom. The number of allylic oxidation sites excluding steroid dienone is 2. The molecule has 1 heteroatoms. The highest BCUT2D eigenvalue weighted by Crippen LogP contribution is 2.39. The summed E-state index contributed by atoms with van der Waals surface area (Å²) in [6.45, 7) is 2.27. The number of ketones is 1. The fourth-order valence-corrected chi connectivity index (χ4v) is 2.35. The van der Waals surface area contributed by atoms with Crippen molar-refractivity contribution in [1.29, 1.82) is 0 Å². The van der Waals surface area contributed by atoms with E-state index in [4.69, 9.17) is 0 Å². The maximum absolute atomic E-state index is 11.3. The fourth-order valence-electron chi connectivity index (χ4n) is 2.35. The molecule has 0 aromatic carbocycles. The second kappa shape index (κ2) is 2.47. The average Bonchev–Trinajstić information content (AvgIpc) is 2.35. The van der Waals surface area contributed by atoms with Crippen LogP contribution in [-0.4, -0.2) is 5.78 Å². The maximum Gasteiger partial charge on any atom is 0.158 e. The van der Waals surface area contributed by atoms with Crippen LogP contribution in [0.1, 0.15) is 32.6 Å². The first-order valence-corrected chi connectivity index (χ1v) is 4.52. The van der Waals surface area contributed by atoms with Crippen molar-refractivity contribution in [2.24, 2.45) is 11.8 Å². The van der Waals surface area contributed by atoms with Crippen LogP contribution in [0.5, 0.6) is 0 Å². The molecule has 1 fully saturated rings. The highest BCUT2D eigenvalue weighted by Gasteiger charge is 2.33. The lowest BCUT2D eigenvalue weighted by molar-refractivity contribution is -0.114. The van der Waals surface area contributed by atoms with Crippen molar-refractivity contribution < 1.29 is 4.79 Å². The van der Waals surface area contributed by atoms with Crippen molar-refractivity contribution in [2.75, 3.05) is 0 Å². The summed E-state index contributed by atoms with van der Waals surface area (Å²) >= 11 is 0. The molecule has 2 rings (SSSR count). The Bertz CT molecular complexity index is 215. The summed E-state index contributed by atoms with van der Waals surface area (Å²) in [5.74, 6) is 1.79. The Morgan fingerprint density at radius 3 is 3.00 bits per heavy atom. The Balaban J connectivity index is 2.28. The fraction of sp³-hybridized carbons (Fsp3) is 0.700. The van der Waals surface area contributed by atoms with Crippen molar-refractivity contribution in [2.45, 2.75) is 32.6 Å². The van der Waals surface area contributed by atoms with Gasteiger partial charge in [-0.3, -0.25) is 4.79 Å². The highest BCUT2D eigenvalue weighted by molar-refractivity contribution is 5.98. The molecule has 0 spiro atoms. The molecule has 0 heterocycles. The third-order valence-electron chi connectivity index (χ3n) is 3.08. The lowest BCUT2D eigenvalue weighted by Gasteiger charge is -2.23. The van der Waals surface area contributed by atoms with E-state index < -0.39 is 0 Å². The summed E-state index contributed by atoms with van der Waals surface area (Å²) in [6, 6.07) is 0. The Morgan fingerprint density at radius 2 is 2.27 bits per heavy atom. The van der Waals surface area contributed by atoms with Gasteiger partial charge in [0.2, 0.25) is 0 Å². The van der Waals surface area contributed by atoms with Crippen molar-refractivity contribution >= 4 is 5.78 Å². The number of carbonyl (C=O) groups excluding carboxylic acids is 1. The monoisotopic (exact) mass is 150 g/mol. The van der Waals surface area contributed by atoms with Gasteiger partial charge in [0.15, 0.2) is 5.78 Å². The molecule has 2 aliphatic rings. The van der Waals surface area contributed by atoms with Gasteiger partial charge in [-0.1, -0.05) is 13.0 Å². The molecule has 0 aromatic rings. The van der Waals surface area contributed by atoms with Gasteiger partial charge in [0.05, 0.1) is 0 Å². The van der Waals surface area contributed by atoms with E-state index in [2.05, 4.69) is 13.0 Å². The normalized spacial score (nSPS) is 36.8. The standard InChI is InChI=1S/C10H14O/c1-7-3-2-4-9-8(7)5-6-10(9)11/h4,7-8H,2-3,5-6H2,1H3/t7-,8+/m0/s1. The summed E-state index contributed by atoms with van der Waals surface area (Å²) in [5, 5.41) is 0. The van der Waals surface area contributed by atoms with Crippen molar-refractivity contribution in [3.63, 3.8) is 0 Å². The van der Waals surface area contributed by atoms with Crippen LogP contribution in [-0.2, 0) is 4.79 Å². The molecule has 0 unspecified atom stereocenters. The first kappa shape index (κ1) is 7.08. The van der Waals surface area contributed by atoms with E-state index in [-0.39, 0.29) is 0 Å². The van der Waals surface area contributed by atoms with Gasteiger partial charge < -0.3 is 0 Å². The minimum atomic E-state index is 0.418. The van der Waals surface area contributed by atoms with Gasteiger partial charge >= 0.3 is 0 Å². The average molecular weight is 150 g/mol. The van der Waals surface area contributed by atoms with Gasteiger partial charge in [0.1, 0.15) is 0 Å². The number of fused-ring (bicyclic) bond motifs is 1. The molecule has 1 nitrogen and oxygen atoms in total. The van der Waals surface area contributed by atoms with Gasteiger partial charge in [-0.15, -0.1) is 0 Å². The summed E-state index contributed by atoms with van der Waals surface area (Å²) in [5.41, 5.74) is 1.16. The molecule has 11 heavy (non-hydrogen) atoms. The Labute approximate surface area is 67.5 Å². The molecule has 0 radical (unpaired) electrons. The number of Topliss-reactive ketones (excluding diaryl/α,β-unsaturated/α-hetero) is 1. The van der Waals surface area contributed by atoms with E-state index in [0.717, 1.165) is 30.8 Å². The van der Waals surface area contributed by atoms with E-state index in [1.807, 2.05) is 0 Å². The van der Waals surface area contributed by atoms with Crippen molar-refractivity contribution in [3.8, 4) is 0 Å². The smallest absolute Gasteiger partial charge is 0.158 e. The first-order valence-electron chi connectivity index (χ1n) is 4.52.